The summed E-state index contributed by atoms with van der Waals surface area (Å²) in [5.74, 6) is 0. The molecule has 0 amide bonds. The maximum absolute atomic E-state index is 14.1. The Bertz CT molecular complexity index is 724. The Morgan fingerprint density at radius 2 is 1.69 bits per heavy atom. The Morgan fingerprint density at radius 3 is 2.19 bits per heavy atom. The van der Waals surface area contributed by atoms with E-state index in [1.165, 1.54) is 12.1 Å². The largest absolute Gasteiger partial charge is 0.418 e. The monoisotopic (exact) mass is 408 g/mol. The molecule has 8 heteroatoms. The zero-order chi connectivity index (χ0) is 19.8. The lowest BCUT2D eigenvalue weighted by Crippen LogP contribution is -2.50. The minimum atomic E-state index is -4.74. The van der Waals surface area contributed by atoms with Gasteiger partial charge in [-0.2, -0.15) is 21.6 Å². The number of alkyl halides is 3. The molecule has 2 rings (SSSR count). The molecule has 0 unspecified atom stereocenters. The van der Waals surface area contributed by atoms with Crippen molar-refractivity contribution in [3.05, 3.63) is 29.8 Å². The van der Waals surface area contributed by atoms with Crippen LogP contribution < -0.4 is 0 Å². The standard InChI is InChI=1S/C18H27F3O3SSi/c1-14-8-10-15(11-9-14)25(22,23)24-17(18(19,20)21)12-6-5-7-16(13-17)26(2,3)4/h8-11,16H,5-7,12-13H2,1-4H3/t16-,17+/m0/s1. The number of halogens is 3. The molecular weight excluding hydrogens is 381 g/mol. The fourth-order valence-corrected chi connectivity index (χ4v) is 6.73. The summed E-state index contributed by atoms with van der Waals surface area (Å²) in [6.45, 7) is 7.86. The van der Waals surface area contributed by atoms with Gasteiger partial charge in [0.05, 0.1) is 4.90 Å². The topological polar surface area (TPSA) is 43.4 Å². The first kappa shape index (κ1) is 21.4. The Kier molecular flexibility index (Phi) is 6.00. The van der Waals surface area contributed by atoms with E-state index in [-0.39, 0.29) is 23.3 Å². The molecule has 3 nitrogen and oxygen atoms in total. The van der Waals surface area contributed by atoms with Crippen LogP contribution in [0.15, 0.2) is 29.2 Å². The average Bonchev–Trinajstić information content (AvgIpc) is 2.70. The molecule has 2 atom stereocenters. The summed E-state index contributed by atoms with van der Waals surface area (Å²) >= 11 is 0. The van der Waals surface area contributed by atoms with E-state index in [4.69, 9.17) is 4.18 Å². The van der Waals surface area contributed by atoms with Gasteiger partial charge < -0.3 is 0 Å². The normalized spacial score (nSPS) is 25.7. The van der Waals surface area contributed by atoms with E-state index in [0.29, 0.717) is 19.3 Å². The van der Waals surface area contributed by atoms with Gasteiger partial charge in [0.1, 0.15) is 0 Å². The van der Waals surface area contributed by atoms with Crippen LogP contribution >= 0.6 is 0 Å². The minimum absolute atomic E-state index is 0.139. The summed E-state index contributed by atoms with van der Waals surface area (Å²) < 4.78 is 72.5. The molecule has 1 fully saturated rings. The lowest BCUT2D eigenvalue weighted by atomic mass is 9.94. The van der Waals surface area contributed by atoms with Crippen molar-refractivity contribution >= 4 is 18.2 Å². The molecule has 148 valence electrons. The van der Waals surface area contributed by atoms with Crippen molar-refractivity contribution in [1.82, 2.24) is 0 Å². The Morgan fingerprint density at radius 1 is 1.12 bits per heavy atom. The van der Waals surface area contributed by atoms with E-state index >= 15 is 0 Å². The molecule has 1 aromatic rings. The van der Waals surface area contributed by atoms with Gasteiger partial charge in [0, 0.05) is 8.07 Å². The molecule has 0 aliphatic heterocycles. The fraction of sp³-hybridized carbons (Fsp3) is 0.667. The highest BCUT2D eigenvalue weighted by Gasteiger charge is 2.60. The number of aryl methyl sites for hydroxylation is 1. The van der Waals surface area contributed by atoms with E-state index in [9.17, 15) is 21.6 Å². The van der Waals surface area contributed by atoms with E-state index in [2.05, 4.69) is 0 Å². The molecule has 0 radical (unpaired) electrons. The predicted molar refractivity (Wildman–Crippen MR) is 98.4 cm³/mol. The van der Waals surface area contributed by atoms with Crippen LogP contribution in [0.4, 0.5) is 13.2 Å². The third-order valence-electron chi connectivity index (χ3n) is 5.28. The van der Waals surface area contributed by atoms with Crippen LogP contribution in [0.1, 0.15) is 37.7 Å². The maximum Gasteiger partial charge on any atom is 0.418 e. The molecular formula is C18H27F3O3SSi. The van der Waals surface area contributed by atoms with Gasteiger partial charge >= 0.3 is 6.18 Å². The molecule has 0 saturated heterocycles. The van der Waals surface area contributed by atoms with Crippen molar-refractivity contribution < 1.29 is 25.8 Å². The predicted octanol–water partition coefficient (Wildman–Crippen LogP) is 5.67. The van der Waals surface area contributed by atoms with Gasteiger partial charge in [0.2, 0.25) is 0 Å². The van der Waals surface area contributed by atoms with Gasteiger partial charge in [0.25, 0.3) is 10.1 Å². The molecule has 1 aliphatic rings. The zero-order valence-corrected chi connectivity index (χ0v) is 17.5. The van der Waals surface area contributed by atoms with Crippen LogP contribution in [-0.4, -0.2) is 28.3 Å². The van der Waals surface area contributed by atoms with Crippen LogP contribution in [0.2, 0.25) is 25.2 Å². The summed E-state index contributed by atoms with van der Waals surface area (Å²) in [6.07, 6.45) is -3.67. The van der Waals surface area contributed by atoms with Gasteiger partial charge in [0.15, 0.2) is 5.60 Å². The van der Waals surface area contributed by atoms with Crippen LogP contribution in [0.5, 0.6) is 0 Å². The fourth-order valence-electron chi connectivity index (χ4n) is 3.49. The first-order valence-electron chi connectivity index (χ1n) is 8.86. The number of rotatable bonds is 4. The van der Waals surface area contributed by atoms with Crippen LogP contribution in [0.3, 0.4) is 0 Å². The molecule has 26 heavy (non-hydrogen) atoms. The molecule has 0 aromatic heterocycles. The Hall–Kier alpha value is -0.863. The summed E-state index contributed by atoms with van der Waals surface area (Å²) in [7, 11) is -6.40. The summed E-state index contributed by atoms with van der Waals surface area (Å²) in [4.78, 5) is -0.236. The molecule has 1 saturated carbocycles. The molecule has 0 N–H and O–H groups in total. The second kappa shape index (κ2) is 7.28. The number of hydrogen-bond donors (Lipinski definition) is 0. The van der Waals surface area contributed by atoms with Gasteiger partial charge in [-0.3, -0.25) is 4.18 Å². The number of hydrogen-bond acceptors (Lipinski definition) is 3. The zero-order valence-electron chi connectivity index (χ0n) is 15.7. The quantitative estimate of drug-likeness (QED) is 0.366. The van der Waals surface area contributed by atoms with Crippen molar-refractivity contribution in [3.8, 4) is 0 Å². The van der Waals surface area contributed by atoms with Crippen molar-refractivity contribution in [2.45, 2.75) is 80.9 Å². The first-order chi connectivity index (χ1) is 11.8. The molecule has 0 heterocycles. The SMILES string of the molecule is Cc1ccc(S(=O)(=O)O[C@]2(C(F)(F)F)CCCC[C@H]([Si](C)(C)C)C2)cc1. The summed E-state index contributed by atoms with van der Waals surface area (Å²) in [5.41, 5.74) is -1.96. The second-order valence-electron chi connectivity index (χ2n) is 8.36. The summed E-state index contributed by atoms with van der Waals surface area (Å²) in [6, 6.07) is 5.69. The molecule has 0 bridgehead atoms. The molecule has 0 spiro atoms. The van der Waals surface area contributed by atoms with E-state index in [1.54, 1.807) is 19.1 Å². The third-order valence-corrected chi connectivity index (χ3v) is 9.61. The maximum atomic E-state index is 14.1. The van der Waals surface area contributed by atoms with Crippen LogP contribution in [-0.2, 0) is 14.3 Å². The third kappa shape index (κ3) is 4.70. The van der Waals surface area contributed by atoms with Gasteiger partial charge in [-0.25, -0.2) is 0 Å². The molecule has 1 aliphatic carbocycles. The molecule has 1 aromatic carbocycles. The van der Waals surface area contributed by atoms with Crippen molar-refractivity contribution in [1.29, 1.82) is 0 Å². The highest BCUT2D eigenvalue weighted by Crippen LogP contribution is 2.50. The van der Waals surface area contributed by atoms with Gasteiger partial charge in [-0.05, 0) is 37.4 Å². The van der Waals surface area contributed by atoms with Gasteiger partial charge in [-0.15, -0.1) is 0 Å². The van der Waals surface area contributed by atoms with Crippen molar-refractivity contribution in [2.24, 2.45) is 0 Å². The number of benzene rings is 1. The second-order valence-corrected chi connectivity index (χ2v) is 15.5. The minimum Gasteiger partial charge on any atom is -0.250 e. The van der Waals surface area contributed by atoms with Crippen molar-refractivity contribution in [3.63, 3.8) is 0 Å². The van der Waals surface area contributed by atoms with E-state index < -0.39 is 30.0 Å². The highest BCUT2D eigenvalue weighted by molar-refractivity contribution is 7.86. The summed E-state index contributed by atoms with van der Waals surface area (Å²) in [5, 5.41) is 0. The highest BCUT2D eigenvalue weighted by atomic mass is 32.2. The first-order valence-corrected chi connectivity index (χ1v) is 13.8. The van der Waals surface area contributed by atoms with Crippen LogP contribution in [0, 0.1) is 6.92 Å². The van der Waals surface area contributed by atoms with Crippen LogP contribution in [0.25, 0.3) is 0 Å². The smallest absolute Gasteiger partial charge is 0.250 e. The van der Waals surface area contributed by atoms with E-state index in [1.807, 2.05) is 19.6 Å². The van der Waals surface area contributed by atoms with Crippen molar-refractivity contribution in [2.75, 3.05) is 0 Å². The Labute approximate surface area is 155 Å². The lowest BCUT2D eigenvalue weighted by Gasteiger charge is -2.38. The Balaban J connectivity index is 2.45. The van der Waals surface area contributed by atoms with E-state index in [0.717, 1.165) is 5.56 Å². The lowest BCUT2D eigenvalue weighted by molar-refractivity contribution is -0.251. The average molecular weight is 409 g/mol. The van der Waals surface area contributed by atoms with Gasteiger partial charge in [-0.1, -0.05) is 56.6 Å².